The van der Waals surface area contributed by atoms with Gasteiger partial charge in [0.1, 0.15) is 5.82 Å². The molecule has 23 heavy (non-hydrogen) atoms. The molecule has 1 heterocycles. The molecule has 2 aromatic rings. The van der Waals surface area contributed by atoms with E-state index in [2.05, 4.69) is 9.55 Å². The Bertz CT molecular complexity index is 683. The molecule has 4 nitrogen and oxygen atoms in total. The molecular weight excluding hydrogens is 315 g/mol. The van der Waals surface area contributed by atoms with Gasteiger partial charge in [0.25, 0.3) is 0 Å². The van der Waals surface area contributed by atoms with Crippen molar-refractivity contribution in [3.63, 3.8) is 0 Å². The highest BCUT2D eigenvalue weighted by atomic mass is 32.2. The highest BCUT2D eigenvalue weighted by molar-refractivity contribution is 8.00. The second-order valence-corrected chi connectivity index (χ2v) is 6.65. The van der Waals surface area contributed by atoms with Crippen molar-refractivity contribution in [1.82, 2.24) is 9.55 Å². The zero-order valence-electron chi connectivity index (χ0n) is 13.8. The number of halogens is 1. The Morgan fingerprint density at radius 1 is 1.35 bits per heavy atom. The summed E-state index contributed by atoms with van der Waals surface area (Å²) in [6, 6.07) is 5.64. The van der Waals surface area contributed by atoms with Crippen LogP contribution in [0.15, 0.2) is 29.4 Å². The molecule has 0 fully saturated rings. The molecule has 1 aromatic carbocycles. The lowest BCUT2D eigenvalue weighted by atomic mass is 10.1. The summed E-state index contributed by atoms with van der Waals surface area (Å²) in [5, 5.41) is 0.503. The highest BCUT2D eigenvalue weighted by Gasteiger charge is 2.20. The van der Waals surface area contributed by atoms with Gasteiger partial charge in [0.15, 0.2) is 10.9 Å². The first kappa shape index (κ1) is 17.7. The van der Waals surface area contributed by atoms with Crippen LogP contribution in [0.25, 0.3) is 0 Å². The quantitative estimate of drug-likeness (QED) is 0.572. The van der Waals surface area contributed by atoms with Crippen molar-refractivity contribution < 1.29 is 13.9 Å². The average molecular weight is 336 g/mol. The van der Waals surface area contributed by atoms with Gasteiger partial charge in [-0.25, -0.2) is 9.37 Å². The highest BCUT2D eigenvalue weighted by Crippen LogP contribution is 2.27. The van der Waals surface area contributed by atoms with E-state index < -0.39 is 0 Å². The van der Waals surface area contributed by atoms with Crippen molar-refractivity contribution in [2.45, 2.75) is 37.7 Å². The zero-order valence-corrected chi connectivity index (χ0v) is 14.6. The maximum atomic E-state index is 13.0. The number of thioether (sulfide) groups is 1. The van der Waals surface area contributed by atoms with E-state index >= 15 is 0 Å². The van der Waals surface area contributed by atoms with E-state index in [4.69, 9.17) is 4.74 Å². The minimum atomic E-state index is -0.344. The summed E-state index contributed by atoms with van der Waals surface area (Å²) in [6.07, 6.45) is 0. The Morgan fingerprint density at radius 2 is 2.00 bits per heavy atom. The SMILES string of the molecule is COCCn1c(SC(C)C(=O)c2ccc(F)cc2)nc(C)c1C. The summed E-state index contributed by atoms with van der Waals surface area (Å²) >= 11 is 1.42. The Balaban J connectivity index is 2.16. The first-order valence-corrected chi connectivity index (χ1v) is 8.31. The summed E-state index contributed by atoms with van der Waals surface area (Å²) < 4.78 is 20.2. The standard InChI is InChI=1S/C17H21FN2O2S/c1-11-12(2)20(9-10-22-4)17(19-11)23-13(3)16(21)14-5-7-15(18)8-6-14/h5-8,13H,9-10H2,1-4H3. The predicted octanol–water partition coefficient (Wildman–Crippen LogP) is 3.65. The largest absolute Gasteiger partial charge is 0.383 e. The fourth-order valence-corrected chi connectivity index (χ4v) is 3.32. The first-order valence-electron chi connectivity index (χ1n) is 7.43. The smallest absolute Gasteiger partial charge is 0.175 e. The summed E-state index contributed by atoms with van der Waals surface area (Å²) in [5.41, 5.74) is 2.53. The number of aryl methyl sites for hydroxylation is 1. The fourth-order valence-electron chi connectivity index (χ4n) is 2.22. The molecule has 0 N–H and O–H groups in total. The minimum Gasteiger partial charge on any atom is -0.383 e. The summed E-state index contributed by atoms with van der Waals surface area (Å²) in [6.45, 7) is 7.09. The van der Waals surface area contributed by atoms with Gasteiger partial charge in [-0.1, -0.05) is 11.8 Å². The normalized spacial score (nSPS) is 12.4. The second-order valence-electron chi connectivity index (χ2n) is 5.34. The minimum absolute atomic E-state index is 0.0356. The third-order valence-electron chi connectivity index (χ3n) is 3.72. The molecule has 0 saturated heterocycles. The predicted molar refractivity (Wildman–Crippen MR) is 89.6 cm³/mol. The van der Waals surface area contributed by atoms with E-state index in [1.54, 1.807) is 7.11 Å². The number of aromatic nitrogens is 2. The summed E-state index contributed by atoms with van der Waals surface area (Å²) in [5.74, 6) is -0.380. The van der Waals surface area contributed by atoms with Crippen molar-refractivity contribution in [2.75, 3.05) is 13.7 Å². The topological polar surface area (TPSA) is 44.1 Å². The number of Topliss-reactive ketones (excluding diaryl/α,β-unsaturated/α-hetero) is 1. The number of benzene rings is 1. The van der Waals surface area contributed by atoms with E-state index in [-0.39, 0.29) is 16.9 Å². The molecule has 0 amide bonds. The molecule has 0 saturated carbocycles. The third kappa shape index (κ3) is 4.20. The van der Waals surface area contributed by atoms with Crippen LogP contribution in [-0.2, 0) is 11.3 Å². The number of ketones is 1. The number of nitrogens with zero attached hydrogens (tertiary/aromatic N) is 2. The molecule has 0 aliphatic heterocycles. The number of hydrogen-bond acceptors (Lipinski definition) is 4. The van der Waals surface area contributed by atoms with Crippen LogP contribution in [0, 0.1) is 19.7 Å². The molecule has 1 unspecified atom stereocenters. The Morgan fingerprint density at radius 3 is 2.61 bits per heavy atom. The van der Waals surface area contributed by atoms with E-state index in [9.17, 15) is 9.18 Å². The number of rotatable bonds is 7. The van der Waals surface area contributed by atoms with Gasteiger partial charge in [0, 0.05) is 24.9 Å². The van der Waals surface area contributed by atoms with Gasteiger partial charge in [-0.05, 0) is 45.0 Å². The lowest BCUT2D eigenvalue weighted by Crippen LogP contribution is -2.15. The van der Waals surface area contributed by atoms with Crippen LogP contribution in [0.3, 0.4) is 0 Å². The van der Waals surface area contributed by atoms with Crippen LogP contribution < -0.4 is 0 Å². The van der Waals surface area contributed by atoms with Crippen LogP contribution in [0.4, 0.5) is 4.39 Å². The maximum absolute atomic E-state index is 13.0. The first-order chi connectivity index (χ1) is 10.9. The van der Waals surface area contributed by atoms with Gasteiger partial charge in [0.2, 0.25) is 0 Å². The van der Waals surface area contributed by atoms with Gasteiger partial charge in [-0.3, -0.25) is 4.79 Å². The molecule has 0 aliphatic rings. The molecule has 2 rings (SSSR count). The monoisotopic (exact) mass is 336 g/mol. The second kappa shape index (κ2) is 7.75. The number of imidazole rings is 1. The van der Waals surface area contributed by atoms with Gasteiger partial charge < -0.3 is 9.30 Å². The average Bonchev–Trinajstić information content (AvgIpc) is 2.79. The number of ether oxygens (including phenoxy) is 1. The van der Waals surface area contributed by atoms with Crippen molar-refractivity contribution >= 4 is 17.5 Å². The molecule has 0 bridgehead atoms. The van der Waals surface area contributed by atoms with Gasteiger partial charge >= 0.3 is 0 Å². The Hall–Kier alpha value is -1.66. The van der Waals surface area contributed by atoms with Crippen molar-refractivity contribution in [3.05, 3.63) is 47.0 Å². The number of carbonyl (C=O) groups excluding carboxylic acids is 1. The lowest BCUT2D eigenvalue weighted by Gasteiger charge is -2.13. The van der Waals surface area contributed by atoms with E-state index in [0.29, 0.717) is 18.7 Å². The molecule has 0 radical (unpaired) electrons. The van der Waals surface area contributed by atoms with Crippen molar-refractivity contribution in [1.29, 1.82) is 0 Å². The lowest BCUT2D eigenvalue weighted by molar-refractivity contribution is 0.0993. The van der Waals surface area contributed by atoms with E-state index in [0.717, 1.165) is 16.5 Å². The summed E-state index contributed by atoms with van der Waals surface area (Å²) in [4.78, 5) is 17.0. The molecular formula is C17H21FN2O2S. The Kier molecular flexibility index (Phi) is 5.96. The zero-order chi connectivity index (χ0) is 17.0. The van der Waals surface area contributed by atoms with Gasteiger partial charge in [-0.2, -0.15) is 0 Å². The number of carbonyl (C=O) groups is 1. The van der Waals surface area contributed by atoms with Crippen LogP contribution in [0.5, 0.6) is 0 Å². The molecule has 0 spiro atoms. The van der Waals surface area contributed by atoms with Crippen LogP contribution in [0.1, 0.15) is 28.7 Å². The van der Waals surface area contributed by atoms with Crippen molar-refractivity contribution in [2.24, 2.45) is 0 Å². The van der Waals surface area contributed by atoms with Crippen molar-refractivity contribution in [3.8, 4) is 0 Å². The number of methoxy groups -OCH3 is 1. The molecule has 0 aliphatic carbocycles. The van der Waals surface area contributed by atoms with Gasteiger partial charge in [-0.15, -0.1) is 0 Å². The maximum Gasteiger partial charge on any atom is 0.175 e. The van der Waals surface area contributed by atoms with Gasteiger partial charge in [0.05, 0.1) is 17.6 Å². The molecule has 124 valence electrons. The van der Waals surface area contributed by atoms with Crippen LogP contribution >= 0.6 is 11.8 Å². The molecule has 1 atom stereocenters. The molecule has 1 aromatic heterocycles. The third-order valence-corrected chi connectivity index (χ3v) is 4.81. The number of hydrogen-bond donors (Lipinski definition) is 0. The van der Waals surface area contributed by atoms with E-state index in [1.165, 1.54) is 36.0 Å². The fraction of sp³-hybridized carbons (Fsp3) is 0.412. The molecule has 6 heteroatoms. The van der Waals surface area contributed by atoms with E-state index in [1.807, 2.05) is 20.8 Å². The van der Waals surface area contributed by atoms with Crippen LogP contribution in [0.2, 0.25) is 0 Å². The Labute approximate surface area is 140 Å². The van der Waals surface area contributed by atoms with Crippen LogP contribution in [-0.4, -0.2) is 34.3 Å². The summed E-state index contributed by atoms with van der Waals surface area (Å²) in [7, 11) is 1.66.